The predicted octanol–water partition coefficient (Wildman–Crippen LogP) is 1.22. The van der Waals surface area contributed by atoms with Crippen LogP contribution < -0.4 is 16.0 Å². The first-order valence-electron chi connectivity index (χ1n) is 9.58. The van der Waals surface area contributed by atoms with Gasteiger partial charge < -0.3 is 16.0 Å². The Hall–Kier alpha value is -3.81. The topological polar surface area (TPSA) is 117 Å². The van der Waals surface area contributed by atoms with Crippen molar-refractivity contribution in [3.8, 4) is 6.07 Å². The van der Waals surface area contributed by atoms with Crippen LogP contribution in [0.15, 0.2) is 44.9 Å². The number of hydrogen-bond acceptors (Lipinski definition) is 7. The first kappa shape index (κ1) is 23.5. The average Bonchev–Trinajstić information content (AvgIpc) is 3.24. The molecular formula is C20H24F2N8O. The Morgan fingerprint density at radius 1 is 1.42 bits per heavy atom. The molecule has 164 valence electrons. The summed E-state index contributed by atoms with van der Waals surface area (Å²) < 4.78 is 27.8. The lowest BCUT2D eigenvalue weighted by Gasteiger charge is -2.23. The lowest BCUT2D eigenvalue weighted by molar-refractivity contribution is -0.109. The van der Waals surface area contributed by atoms with Crippen LogP contribution in [-0.4, -0.2) is 63.4 Å². The molecule has 0 saturated carbocycles. The third-order valence-corrected chi connectivity index (χ3v) is 4.29. The van der Waals surface area contributed by atoms with Crippen LogP contribution >= 0.6 is 0 Å². The molecule has 0 fully saturated rings. The van der Waals surface area contributed by atoms with Gasteiger partial charge in [-0.1, -0.05) is 0 Å². The molecule has 1 aliphatic heterocycles. The molecule has 0 bridgehead atoms. The summed E-state index contributed by atoms with van der Waals surface area (Å²) in [4.78, 5) is 18.1. The number of carbonyl (C=O) groups excluding carboxylic acids is 1. The second-order valence-corrected chi connectivity index (χ2v) is 6.37. The maximum atomic E-state index is 14.0. The zero-order valence-electron chi connectivity index (χ0n) is 17.1. The number of nitrogens with one attached hydrogen (secondary N) is 3. The summed E-state index contributed by atoms with van der Waals surface area (Å²) in [7, 11) is 1.56. The average molecular weight is 430 g/mol. The molecule has 1 aliphatic rings. The normalized spacial score (nSPS) is 16.5. The second-order valence-electron chi connectivity index (χ2n) is 6.37. The number of amides is 1. The quantitative estimate of drug-likeness (QED) is 0.200. The van der Waals surface area contributed by atoms with Gasteiger partial charge in [0.15, 0.2) is 5.83 Å². The minimum atomic E-state index is -0.608. The van der Waals surface area contributed by atoms with E-state index in [0.717, 1.165) is 6.21 Å². The second kappa shape index (κ2) is 12.7. The number of hydrazone groups is 1. The fourth-order valence-corrected chi connectivity index (χ4v) is 2.88. The number of hydrogen-bond donors (Lipinski definition) is 3. The Bertz CT molecular complexity index is 907. The third kappa shape index (κ3) is 7.50. The SMILES string of the molecule is CNC(NCCNC=O)=C(F)C=NC=NCCN1N=CCC1c1cc(F)cc(C#N)c1. The van der Waals surface area contributed by atoms with Crippen molar-refractivity contribution in [3.63, 3.8) is 0 Å². The van der Waals surface area contributed by atoms with Crippen LogP contribution in [0.1, 0.15) is 23.6 Å². The minimum absolute atomic E-state index is 0.144. The smallest absolute Gasteiger partial charge is 0.207 e. The van der Waals surface area contributed by atoms with E-state index in [-0.39, 0.29) is 17.4 Å². The van der Waals surface area contributed by atoms with Crippen LogP contribution in [0.2, 0.25) is 0 Å². The molecule has 1 atom stereocenters. The molecule has 11 heteroatoms. The van der Waals surface area contributed by atoms with Crippen molar-refractivity contribution >= 4 is 25.2 Å². The zero-order chi connectivity index (χ0) is 22.5. The molecule has 1 amide bonds. The van der Waals surface area contributed by atoms with Crippen LogP contribution in [0, 0.1) is 17.1 Å². The standard InChI is InChI=1S/C20H24F2N8O/c1-24-20(28-5-4-26-14-31)18(22)12-27-13-25-6-7-30-19(2-3-29-30)16-8-15(11-23)9-17(21)10-16/h3,8-10,12-14,19,24,28H,2,4-7H2,1H3,(H,26,31). The fourth-order valence-electron chi connectivity index (χ4n) is 2.88. The molecule has 1 aromatic carbocycles. The van der Waals surface area contributed by atoms with Gasteiger partial charge in [0.2, 0.25) is 6.41 Å². The van der Waals surface area contributed by atoms with Crippen LogP contribution in [-0.2, 0) is 4.79 Å². The van der Waals surface area contributed by atoms with E-state index in [1.165, 1.54) is 18.5 Å². The Labute approximate surface area is 179 Å². The van der Waals surface area contributed by atoms with E-state index in [2.05, 4.69) is 31.0 Å². The molecule has 31 heavy (non-hydrogen) atoms. The van der Waals surface area contributed by atoms with Crippen LogP contribution in [0.4, 0.5) is 8.78 Å². The van der Waals surface area contributed by atoms with Crippen molar-refractivity contribution in [2.45, 2.75) is 12.5 Å². The van der Waals surface area contributed by atoms with E-state index in [4.69, 9.17) is 5.26 Å². The van der Waals surface area contributed by atoms with E-state index >= 15 is 0 Å². The molecule has 0 spiro atoms. The Morgan fingerprint density at radius 2 is 2.26 bits per heavy atom. The molecular weight excluding hydrogens is 406 g/mol. The summed E-state index contributed by atoms with van der Waals surface area (Å²) in [6, 6.07) is 6.03. The number of nitriles is 1. The molecule has 2 rings (SSSR count). The van der Waals surface area contributed by atoms with Crippen LogP contribution in [0.5, 0.6) is 0 Å². The number of nitrogens with zero attached hydrogens (tertiary/aromatic N) is 5. The highest BCUT2D eigenvalue weighted by Gasteiger charge is 2.23. The van der Waals surface area contributed by atoms with Gasteiger partial charge in [-0.15, -0.1) is 0 Å². The van der Waals surface area contributed by atoms with Crippen LogP contribution in [0.3, 0.4) is 0 Å². The predicted molar refractivity (Wildman–Crippen MR) is 115 cm³/mol. The van der Waals surface area contributed by atoms with Crippen molar-refractivity contribution in [2.24, 2.45) is 15.1 Å². The van der Waals surface area contributed by atoms with Gasteiger partial charge in [0, 0.05) is 32.8 Å². The summed E-state index contributed by atoms with van der Waals surface area (Å²) in [6.07, 6.45) is 5.17. The zero-order valence-corrected chi connectivity index (χ0v) is 17.1. The van der Waals surface area contributed by atoms with Crippen molar-refractivity contribution in [1.29, 1.82) is 5.26 Å². The molecule has 3 N–H and O–H groups in total. The number of aliphatic imine (C=N–C) groups is 2. The molecule has 1 heterocycles. The van der Waals surface area contributed by atoms with Crippen molar-refractivity contribution in [3.05, 3.63) is 46.8 Å². The molecule has 0 aliphatic carbocycles. The number of rotatable bonds is 12. The first-order valence-corrected chi connectivity index (χ1v) is 9.58. The fraction of sp³-hybridized carbons (Fsp3) is 0.350. The first-order chi connectivity index (χ1) is 15.1. The van der Waals surface area contributed by atoms with Crippen molar-refractivity contribution in [2.75, 3.05) is 33.2 Å². The molecule has 0 radical (unpaired) electrons. The van der Waals surface area contributed by atoms with E-state index in [9.17, 15) is 13.6 Å². The van der Waals surface area contributed by atoms with E-state index in [1.807, 2.05) is 6.07 Å². The number of carbonyl (C=O) groups is 1. The highest BCUT2D eigenvalue weighted by molar-refractivity contribution is 5.83. The van der Waals surface area contributed by atoms with Gasteiger partial charge in [0.1, 0.15) is 18.0 Å². The lowest BCUT2D eigenvalue weighted by Crippen LogP contribution is -2.31. The molecule has 0 saturated heterocycles. The van der Waals surface area contributed by atoms with E-state index in [0.29, 0.717) is 44.6 Å². The Kier molecular flexibility index (Phi) is 9.61. The van der Waals surface area contributed by atoms with Gasteiger partial charge in [-0.2, -0.15) is 10.4 Å². The monoisotopic (exact) mass is 430 g/mol. The third-order valence-electron chi connectivity index (χ3n) is 4.29. The number of allylic oxidation sites excluding steroid dienone is 1. The summed E-state index contributed by atoms with van der Waals surface area (Å²) in [5.41, 5.74) is 0.943. The largest absolute Gasteiger partial charge is 0.373 e. The van der Waals surface area contributed by atoms with Crippen molar-refractivity contribution in [1.82, 2.24) is 21.0 Å². The summed E-state index contributed by atoms with van der Waals surface area (Å²) in [6.45, 7) is 1.51. The molecule has 1 unspecified atom stereocenters. The van der Waals surface area contributed by atoms with E-state index in [1.54, 1.807) is 24.3 Å². The highest BCUT2D eigenvalue weighted by Crippen LogP contribution is 2.28. The van der Waals surface area contributed by atoms with Gasteiger partial charge >= 0.3 is 0 Å². The summed E-state index contributed by atoms with van der Waals surface area (Å²) in [5, 5.41) is 23.0. The minimum Gasteiger partial charge on any atom is -0.373 e. The maximum absolute atomic E-state index is 14.0. The highest BCUT2D eigenvalue weighted by atomic mass is 19.1. The number of halogens is 2. The van der Waals surface area contributed by atoms with Crippen LogP contribution in [0.25, 0.3) is 0 Å². The lowest BCUT2D eigenvalue weighted by atomic mass is 10.0. The van der Waals surface area contributed by atoms with Gasteiger partial charge in [-0.25, -0.2) is 13.8 Å². The number of benzene rings is 1. The van der Waals surface area contributed by atoms with E-state index < -0.39 is 11.6 Å². The molecule has 9 nitrogen and oxygen atoms in total. The van der Waals surface area contributed by atoms with Gasteiger partial charge in [-0.05, 0) is 23.8 Å². The maximum Gasteiger partial charge on any atom is 0.207 e. The summed E-state index contributed by atoms with van der Waals surface area (Å²) in [5.74, 6) is -0.923. The molecule has 1 aromatic rings. The molecule has 0 aromatic heterocycles. The van der Waals surface area contributed by atoms with Crippen molar-refractivity contribution < 1.29 is 13.6 Å². The Balaban J connectivity index is 1.85. The Morgan fingerprint density at radius 3 is 3.00 bits per heavy atom. The van der Waals surface area contributed by atoms with Gasteiger partial charge in [-0.3, -0.25) is 14.8 Å². The van der Waals surface area contributed by atoms with Gasteiger partial charge in [0.05, 0.1) is 37.0 Å². The summed E-state index contributed by atoms with van der Waals surface area (Å²) >= 11 is 0. The van der Waals surface area contributed by atoms with Gasteiger partial charge in [0.25, 0.3) is 0 Å².